The van der Waals surface area contributed by atoms with Crippen molar-refractivity contribution >= 4 is 17.7 Å². The average molecular weight is 317 g/mol. The van der Waals surface area contributed by atoms with Crippen molar-refractivity contribution in [1.29, 1.82) is 0 Å². The third-order valence-electron chi connectivity index (χ3n) is 2.99. The van der Waals surface area contributed by atoms with E-state index in [0.29, 0.717) is 30.4 Å². The standard InChI is InChI=1S/C16H20FN5O/c1-3-18-16-21-11(2)9-14(22-16)19-7-8-20-15(23)12-5-4-6-13(17)10-12/h4-6,9-10H,3,7-8H2,1-2H3,(H,20,23)(H2,18,19,21,22). The zero-order chi connectivity index (χ0) is 16.7. The maximum Gasteiger partial charge on any atom is 0.251 e. The molecule has 0 saturated heterocycles. The maximum absolute atomic E-state index is 13.1. The van der Waals surface area contributed by atoms with Gasteiger partial charge in [-0.15, -0.1) is 0 Å². The van der Waals surface area contributed by atoms with Gasteiger partial charge in [0.1, 0.15) is 11.6 Å². The molecule has 3 N–H and O–H groups in total. The topological polar surface area (TPSA) is 78.9 Å². The summed E-state index contributed by atoms with van der Waals surface area (Å²) in [6, 6.07) is 7.42. The summed E-state index contributed by atoms with van der Waals surface area (Å²) in [7, 11) is 0. The summed E-state index contributed by atoms with van der Waals surface area (Å²) in [5.41, 5.74) is 1.15. The molecule has 1 aromatic heterocycles. The van der Waals surface area contributed by atoms with Crippen molar-refractivity contribution in [3.8, 4) is 0 Å². The van der Waals surface area contributed by atoms with Gasteiger partial charge in [0.2, 0.25) is 5.95 Å². The number of halogens is 1. The fraction of sp³-hybridized carbons (Fsp3) is 0.312. The van der Waals surface area contributed by atoms with Crippen molar-refractivity contribution in [3.05, 3.63) is 47.4 Å². The van der Waals surface area contributed by atoms with E-state index < -0.39 is 5.82 Å². The number of rotatable bonds is 7. The van der Waals surface area contributed by atoms with Gasteiger partial charge in [-0.05, 0) is 32.0 Å². The molecule has 1 aromatic carbocycles. The lowest BCUT2D eigenvalue weighted by Gasteiger charge is -2.10. The van der Waals surface area contributed by atoms with Crippen LogP contribution in [0.3, 0.4) is 0 Å². The Labute approximate surface area is 134 Å². The number of nitrogens with zero attached hydrogens (tertiary/aromatic N) is 2. The van der Waals surface area contributed by atoms with Gasteiger partial charge in [0.15, 0.2) is 0 Å². The van der Waals surface area contributed by atoms with Crippen molar-refractivity contribution < 1.29 is 9.18 Å². The first-order valence-electron chi connectivity index (χ1n) is 7.45. The van der Waals surface area contributed by atoms with Gasteiger partial charge in [0.25, 0.3) is 5.91 Å². The third-order valence-corrected chi connectivity index (χ3v) is 2.99. The molecule has 2 rings (SSSR count). The minimum absolute atomic E-state index is 0.303. The number of hydrogen-bond acceptors (Lipinski definition) is 5. The van der Waals surface area contributed by atoms with Crippen LogP contribution < -0.4 is 16.0 Å². The highest BCUT2D eigenvalue weighted by Crippen LogP contribution is 2.09. The number of carbonyl (C=O) groups excluding carboxylic acids is 1. The summed E-state index contributed by atoms with van der Waals surface area (Å²) in [5, 5.41) is 8.90. The summed E-state index contributed by atoms with van der Waals surface area (Å²) < 4.78 is 13.1. The van der Waals surface area contributed by atoms with Crippen LogP contribution in [0.25, 0.3) is 0 Å². The van der Waals surface area contributed by atoms with Crippen LogP contribution in [0.4, 0.5) is 16.2 Å². The van der Waals surface area contributed by atoms with E-state index in [9.17, 15) is 9.18 Å². The first-order chi connectivity index (χ1) is 11.1. The molecule has 7 heteroatoms. The highest BCUT2D eigenvalue weighted by atomic mass is 19.1. The Morgan fingerprint density at radius 3 is 2.74 bits per heavy atom. The Hall–Kier alpha value is -2.70. The van der Waals surface area contributed by atoms with E-state index in [2.05, 4.69) is 25.9 Å². The number of hydrogen-bond donors (Lipinski definition) is 3. The van der Waals surface area contributed by atoms with Crippen LogP contribution in [-0.4, -0.2) is 35.5 Å². The molecule has 0 spiro atoms. The molecule has 0 radical (unpaired) electrons. The number of amides is 1. The Kier molecular flexibility index (Phi) is 5.85. The van der Waals surface area contributed by atoms with Gasteiger partial charge >= 0.3 is 0 Å². The van der Waals surface area contributed by atoms with Crippen molar-refractivity contribution in [2.24, 2.45) is 0 Å². The van der Waals surface area contributed by atoms with Crippen molar-refractivity contribution in [3.63, 3.8) is 0 Å². The zero-order valence-corrected chi connectivity index (χ0v) is 13.2. The van der Waals surface area contributed by atoms with Gasteiger partial charge < -0.3 is 16.0 Å². The molecule has 6 nitrogen and oxygen atoms in total. The highest BCUT2D eigenvalue weighted by Gasteiger charge is 2.06. The number of anilines is 2. The third kappa shape index (κ3) is 5.21. The summed E-state index contributed by atoms with van der Waals surface area (Å²) in [5.74, 6) is 0.522. The summed E-state index contributed by atoms with van der Waals surface area (Å²) in [6.45, 7) is 5.50. The largest absolute Gasteiger partial charge is 0.368 e. The molecule has 23 heavy (non-hydrogen) atoms. The molecule has 0 aliphatic rings. The first kappa shape index (κ1) is 16.7. The Morgan fingerprint density at radius 1 is 1.17 bits per heavy atom. The van der Waals surface area contributed by atoms with Gasteiger partial charge in [-0.3, -0.25) is 4.79 Å². The second-order valence-electron chi connectivity index (χ2n) is 4.94. The van der Waals surface area contributed by atoms with Crippen molar-refractivity contribution in [2.75, 3.05) is 30.3 Å². The predicted molar refractivity (Wildman–Crippen MR) is 88.2 cm³/mol. The minimum atomic E-state index is -0.428. The van der Waals surface area contributed by atoms with Crippen LogP contribution in [0.5, 0.6) is 0 Å². The van der Waals surface area contributed by atoms with Gasteiger partial charge in [-0.1, -0.05) is 6.07 Å². The van der Waals surface area contributed by atoms with Crippen molar-refractivity contribution in [1.82, 2.24) is 15.3 Å². The van der Waals surface area contributed by atoms with Crippen molar-refractivity contribution in [2.45, 2.75) is 13.8 Å². The molecule has 0 atom stereocenters. The smallest absolute Gasteiger partial charge is 0.251 e. The van der Waals surface area contributed by atoms with E-state index in [-0.39, 0.29) is 5.91 Å². The quantitative estimate of drug-likeness (QED) is 0.682. The number of nitrogens with one attached hydrogen (secondary N) is 3. The molecule has 0 bridgehead atoms. The molecule has 0 aliphatic heterocycles. The monoisotopic (exact) mass is 317 g/mol. The molecule has 0 aliphatic carbocycles. The SMILES string of the molecule is CCNc1nc(C)cc(NCCNC(=O)c2cccc(F)c2)n1. The van der Waals surface area contributed by atoms with Gasteiger partial charge in [-0.25, -0.2) is 9.37 Å². The maximum atomic E-state index is 13.1. The predicted octanol–water partition coefficient (Wildman–Crippen LogP) is 2.20. The van der Waals surface area contributed by atoms with Gasteiger partial charge in [0, 0.05) is 37.0 Å². The fourth-order valence-electron chi connectivity index (χ4n) is 1.99. The summed E-state index contributed by atoms with van der Waals surface area (Å²) >= 11 is 0. The molecule has 1 heterocycles. The van der Waals surface area contributed by atoms with Crippen LogP contribution in [0.2, 0.25) is 0 Å². The molecular weight excluding hydrogens is 297 g/mol. The molecule has 0 fully saturated rings. The van der Waals surface area contributed by atoms with E-state index in [1.165, 1.54) is 18.2 Å². The van der Waals surface area contributed by atoms with Crippen LogP contribution in [0.1, 0.15) is 23.0 Å². The van der Waals surface area contributed by atoms with E-state index in [4.69, 9.17) is 0 Å². The van der Waals surface area contributed by atoms with Crippen LogP contribution in [-0.2, 0) is 0 Å². The summed E-state index contributed by atoms with van der Waals surface area (Å²) in [6.07, 6.45) is 0. The number of aryl methyl sites for hydroxylation is 1. The number of carbonyl (C=O) groups is 1. The van der Waals surface area contributed by atoms with Gasteiger partial charge in [0.05, 0.1) is 0 Å². The Balaban J connectivity index is 1.82. The molecule has 2 aromatic rings. The molecule has 1 amide bonds. The van der Waals surface area contributed by atoms with E-state index in [1.807, 2.05) is 19.9 Å². The fourth-order valence-corrected chi connectivity index (χ4v) is 1.99. The Bertz CT molecular complexity index is 677. The lowest BCUT2D eigenvalue weighted by molar-refractivity contribution is 0.0954. The molecule has 122 valence electrons. The van der Waals surface area contributed by atoms with E-state index >= 15 is 0 Å². The van der Waals surface area contributed by atoms with E-state index in [1.54, 1.807) is 6.07 Å². The number of benzene rings is 1. The lowest BCUT2D eigenvalue weighted by Crippen LogP contribution is -2.29. The van der Waals surface area contributed by atoms with Crippen LogP contribution in [0, 0.1) is 12.7 Å². The highest BCUT2D eigenvalue weighted by molar-refractivity contribution is 5.94. The van der Waals surface area contributed by atoms with Crippen LogP contribution in [0.15, 0.2) is 30.3 Å². The average Bonchev–Trinajstić information content (AvgIpc) is 2.51. The van der Waals surface area contributed by atoms with Crippen LogP contribution >= 0.6 is 0 Å². The molecule has 0 unspecified atom stereocenters. The normalized spacial score (nSPS) is 10.2. The molecule has 0 saturated carbocycles. The zero-order valence-electron chi connectivity index (χ0n) is 13.2. The second kappa shape index (κ2) is 8.07. The first-order valence-corrected chi connectivity index (χ1v) is 7.45. The molecular formula is C16H20FN5O. The minimum Gasteiger partial charge on any atom is -0.368 e. The Morgan fingerprint density at radius 2 is 2.00 bits per heavy atom. The summed E-state index contributed by atoms with van der Waals surface area (Å²) in [4.78, 5) is 20.4. The van der Waals surface area contributed by atoms with E-state index in [0.717, 1.165) is 12.2 Å². The number of aromatic nitrogens is 2. The van der Waals surface area contributed by atoms with Gasteiger partial charge in [-0.2, -0.15) is 4.98 Å². The lowest BCUT2D eigenvalue weighted by atomic mass is 10.2. The second-order valence-corrected chi connectivity index (χ2v) is 4.94.